The molecule has 0 fully saturated rings. The second-order valence-electron chi connectivity index (χ2n) is 9.94. The highest BCUT2D eigenvalue weighted by Gasteiger charge is 2.21. The van der Waals surface area contributed by atoms with Crippen molar-refractivity contribution >= 4 is 23.0 Å². The fraction of sp³-hybridized carbons (Fsp3) is 0.176. The van der Waals surface area contributed by atoms with E-state index >= 15 is 0 Å². The SMILES string of the molecule is Cc1cccc2c(-c3ccccc3)c(-c3ccccc3)n(CCC(=O)NN=Cc3ccc(C(C)C)cc3)c12. The van der Waals surface area contributed by atoms with E-state index in [1.165, 1.54) is 27.6 Å². The first-order valence-corrected chi connectivity index (χ1v) is 13.2. The van der Waals surface area contributed by atoms with E-state index in [0.29, 0.717) is 18.9 Å². The Labute approximate surface area is 224 Å². The Morgan fingerprint density at radius 2 is 1.50 bits per heavy atom. The summed E-state index contributed by atoms with van der Waals surface area (Å²) < 4.78 is 2.30. The lowest BCUT2D eigenvalue weighted by Crippen LogP contribution is -2.19. The molecule has 0 aliphatic carbocycles. The van der Waals surface area contributed by atoms with Crippen molar-refractivity contribution in [1.29, 1.82) is 0 Å². The maximum Gasteiger partial charge on any atom is 0.241 e. The van der Waals surface area contributed by atoms with Gasteiger partial charge in [-0.2, -0.15) is 5.10 Å². The van der Waals surface area contributed by atoms with Gasteiger partial charge < -0.3 is 4.57 Å². The van der Waals surface area contributed by atoms with Crippen molar-refractivity contribution in [3.63, 3.8) is 0 Å². The van der Waals surface area contributed by atoms with E-state index in [-0.39, 0.29) is 5.91 Å². The minimum absolute atomic E-state index is 0.115. The molecule has 1 aromatic heterocycles. The molecule has 0 unspecified atom stereocenters. The summed E-state index contributed by atoms with van der Waals surface area (Å²) in [5, 5.41) is 5.40. The molecule has 1 heterocycles. The van der Waals surface area contributed by atoms with E-state index in [9.17, 15) is 4.79 Å². The molecule has 0 aliphatic rings. The minimum Gasteiger partial charge on any atom is -0.339 e. The van der Waals surface area contributed by atoms with Gasteiger partial charge in [-0.3, -0.25) is 4.79 Å². The molecular formula is C34H33N3O. The molecule has 4 aromatic carbocycles. The number of hydrazone groups is 1. The summed E-state index contributed by atoms with van der Waals surface area (Å²) in [4.78, 5) is 12.9. The first-order chi connectivity index (χ1) is 18.5. The van der Waals surface area contributed by atoms with Gasteiger partial charge in [0.2, 0.25) is 5.91 Å². The molecular weight excluding hydrogens is 466 g/mol. The number of hydrogen-bond acceptors (Lipinski definition) is 2. The van der Waals surface area contributed by atoms with Crippen LogP contribution in [-0.2, 0) is 11.3 Å². The van der Waals surface area contributed by atoms with Crippen molar-refractivity contribution in [3.8, 4) is 22.4 Å². The minimum atomic E-state index is -0.115. The summed E-state index contributed by atoms with van der Waals surface area (Å²) in [5.41, 5.74) is 11.9. The van der Waals surface area contributed by atoms with Crippen molar-refractivity contribution in [1.82, 2.24) is 9.99 Å². The van der Waals surface area contributed by atoms with Crippen LogP contribution in [0.25, 0.3) is 33.3 Å². The summed E-state index contributed by atoms with van der Waals surface area (Å²) in [6.07, 6.45) is 2.01. The molecule has 0 saturated carbocycles. The molecule has 0 saturated heterocycles. The van der Waals surface area contributed by atoms with Gasteiger partial charge in [-0.1, -0.05) is 117 Å². The molecule has 4 heteroatoms. The molecule has 0 atom stereocenters. The average molecular weight is 500 g/mol. The van der Waals surface area contributed by atoms with Crippen LogP contribution in [0.3, 0.4) is 0 Å². The van der Waals surface area contributed by atoms with Crippen LogP contribution in [0.5, 0.6) is 0 Å². The van der Waals surface area contributed by atoms with Crippen molar-refractivity contribution in [2.24, 2.45) is 5.10 Å². The van der Waals surface area contributed by atoms with Crippen molar-refractivity contribution < 1.29 is 4.79 Å². The van der Waals surface area contributed by atoms with Crippen molar-refractivity contribution in [2.75, 3.05) is 0 Å². The van der Waals surface area contributed by atoms with Crippen LogP contribution in [0.4, 0.5) is 0 Å². The summed E-state index contributed by atoms with van der Waals surface area (Å²) >= 11 is 0. The van der Waals surface area contributed by atoms with Gasteiger partial charge in [-0.15, -0.1) is 0 Å². The first-order valence-electron chi connectivity index (χ1n) is 13.2. The summed E-state index contributed by atoms with van der Waals surface area (Å²) in [7, 11) is 0. The summed E-state index contributed by atoms with van der Waals surface area (Å²) in [5.74, 6) is 0.369. The van der Waals surface area contributed by atoms with E-state index in [2.05, 4.69) is 115 Å². The van der Waals surface area contributed by atoms with E-state index in [0.717, 1.165) is 22.3 Å². The van der Waals surface area contributed by atoms with E-state index in [4.69, 9.17) is 0 Å². The van der Waals surface area contributed by atoms with Crippen LogP contribution >= 0.6 is 0 Å². The zero-order chi connectivity index (χ0) is 26.5. The lowest BCUT2D eigenvalue weighted by atomic mass is 9.98. The number of carbonyl (C=O) groups is 1. The van der Waals surface area contributed by atoms with Crippen LogP contribution in [0.15, 0.2) is 108 Å². The fourth-order valence-electron chi connectivity index (χ4n) is 5.03. The summed E-state index contributed by atoms with van der Waals surface area (Å²) in [6.45, 7) is 7.02. The maximum atomic E-state index is 12.9. The van der Waals surface area contributed by atoms with Crippen LogP contribution in [0, 0.1) is 6.92 Å². The number of benzene rings is 4. The highest BCUT2D eigenvalue weighted by molar-refractivity contribution is 6.05. The molecule has 38 heavy (non-hydrogen) atoms. The lowest BCUT2D eigenvalue weighted by molar-refractivity contribution is -0.121. The zero-order valence-electron chi connectivity index (χ0n) is 22.2. The molecule has 4 nitrogen and oxygen atoms in total. The molecule has 0 bridgehead atoms. The van der Waals surface area contributed by atoms with Gasteiger partial charge in [0, 0.05) is 23.9 Å². The molecule has 0 aliphatic heterocycles. The topological polar surface area (TPSA) is 46.4 Å². The third-order valence-corrected chi connectivity index (χ3v) is 6.96. The van der Waals surface area contributed by atoms with Gasteiger partial charge in [0.15, 0.2) is 0 Å². The second kappa shape index (κ2) is 11.3. The second-order valence-corrected chi connectivity index (χ2v) is 9.94. The van der Waals surface area contributed by atoms with Crippen LogP contribution in [-0.4, -0.2) is 16.7 Å². The molecule has 5 rings (SSSR count). The van der Waals surface area contributed by atoms with Crippen LogP contribution in [0.2, 0.25) is 0 Å². The van der Waals surface area contributed by atoms with E-state index < -0.39 is 0 Å². The van der Waals surface area contributed by atoms with Gasteiger partial charge in [0.05, 0.1) is 17.4 Å². The number of aromatic nitrogens is 1. The number of para-hydroxylation sites is 1. The van der Waals surface area contributed by atoms with Crippen molar-refractivity contribution in [3.05, 3.63) is 120 Å². The normalized spacial score (nSPS) is 11.5. The van der Waals surface area contributed by atoms with Gasteiger partial charge in [0.25, 0.3) is 0 Å². The number of carbonyl (C=O) groups excluding carboxylic acids is 1. The third-order valence-electron chi connectivity index (χ3n) is 6.96. The largest absolute Gasteiger partial charge is 0.339 e. The third kappa shape index (κ3) is 5.30. The standard InChI is InChI=1S/C34H33N3O/c1-24(2)27-19-17-26(18-20-27)23-35-36-31(38)21-22-37-33-25(3)11-10-16-30(33)32(28-12-6-4-7-13-28)34(37)29-14-8-5-9-15-29/h4-20,23-24H,21-22H2,1-3H3,(H,36,38). The van der Waals surface area contributed by atoms with Gasteiger partial charge in [-0.25, -0.2) is 5.43 Å². The van der Waals surface area contributed by atoms with Crippen LogP contribution in [0.1, 0.15) is 42.9 Å². The first kappa shape index (κ1) is 25.2. The predicted molar refractivity (Wildman–Crippen MR) is 158 cm³/mol. The molecule has 190 valence electrons. The number of nitrogens with one attached hydrogen (secondary N) is 1. The zero-order valence-corrected chi connectivity index (χ0v) is 22.2. The maximum absolute atomic E-state index is 12.9. The number of fused-ring (bicyclic) bond motifs is 1. The average Bonchev–Trinajstić information content (AvgIpc) is 3.28. The van der Waals surface area contributed by atoms with Crippen LogP contribution < -0.4 is 5.43 Å². The molecule has 5 aromatic rings. The van der Waals surface area contributed by atoms with E-state index in [1.807, 2.05) is 24.3 Å². The highest BCUT2D eigenvalue weighted by atomic mass is 16.2. The molecule has 0 spiro atoms. The Bertz CT molecular complexity index is 1560. The Morgan fingerprint density at radius 1 is 0.842 bits per heavy atom. The molecule has 1 N–H and O–H groups in total. The number of amides is 1. The number of nitrogens with zero attached hydrogens (tertiary/aromatic N) is 2. The number of aryl methyl sites for hydroxylation is 2. The Hall–Kier alpha value is -4.44. The highest BCUT2D eigenvalue weighted by Crippen LogP contribution is 2.42. The lowest BCUT2D eigenvalue weighted by Gasteiger charge is -2.13. The smallest absolute Gasteiger partial charge is 0.241 e. The summed E-state index contributed by atoms with van der Waals surface area (Å²) in [6, 6.07) is 35.6. The fourth-order valence-corrected chi connectivity index (χ4v) is 5.03. The Kier molecular flexibility index (Phi) is 7.50. The Balaban J connectivity index is 1.45. The molecule has 1 amide bonds. The Morgan fingerprint density at radius 3 is 2.16 bits per heavy atom. The predicted octanol–water partition coefficient (Wildman–Crippen LogP) is 7.95. The molecule has 0 radical (unpaired) electrons. The van der Waals surface area contributed by atoms with Gasteiger partial charge >= 0.3 is 0 Å². The number of rotatable bonds is 8. The monoisotopic (exact) mass is 499 g/mol. The van der Waals surface area contributed by atoms with Gasteiger partial charge in [0.1, 0.15) is 0 Å². The number of hydrogen-bond donors (Lipinski definition) is 1. The quantitative estimate of drug-likeness (QED) is 0.171. The van der Waals surface area contributed by atoms with E-state index in [1.54, 1.807) is 6.21 Å². The van der Waals surface area contributed by atoms with Gasteiger partial charge in [-0.05, 0) is 40.7 Å². The van der Waals surface area contributed by atoms with Crippen molar-refractivity contribution in [2.45, 2.75) is 39.7 Å².